The Bertz CT molecular complexity index is 818. The summed E-state index contributed by atoms with van der Waals surface area (Å²) in [5.74, 6) is 0.554. The maximum Gasteiger partial charge on any atom is 0.412 e. The molecular formula is C19H22ClN3O2. The minimum absolute atomic E-state index is 0. The number of aromatic nitrogens is 2. The molecule has 2 aromatic heterocycles. The molecule has 0 saturated carbocycles. The lowest BCUT2D eigenvalue weighted by atomic mass is 10.2. The first kappa shape index (κ1) is 18.8. The van der Waals surface area contributed by atoms with Crippen molar-refractivity contribution >= 4 is 29.4 Å². The number of pyridine rings is 1. The molecule has 0 spiro atoms. The third-order valence-corrected chi connectivity index (χ3v) is 3.85. The Hall–Kier alpha value is -2.53. The number of rotatable bonds is 6. The Kier molecular flexibility index (Phi) is 6.83. The van der Waals surface area contributed by atoms with Crippen LogP contribution in [0.15, 0.2) is 55.0 Å². The van der Waals surface area contributed by atoms with E-state index in [0.717, 1.165) is 30.3 Å². The molecule has 0 atom stereocenters. The van der Waals surface area contributed by atoms with Crippen molar-refractivity contribution in [1.29, 1.82) is 0 Å². The van der Waals surface area contributed by atoms with Crippen molar-refractivity contribution in [1.82, 2.24) is 14.9 Å². The molecule has 0 saturated heterocycles. The minimum atomic E-state index is -0.404. The monoisotopic (exact) mass is 359 g/mol. The van der Waals surface area contributed by atoms with Crippen molar-refractivity contribution in [2.24, 2.45) is 0 Å². The van der Waals surface area contributed by atoms with Crippen molar-refractivity contribution in [3.05, 3.63) is 60.6 Å². The average Bonchev–Trinajstić information content (AvgIpc) is 2.98. The molecule has 3 aromatic rings. The highest BCUT2D eigenvalue weighted by Crippen LogP contribution is 2.23. The summed E-state index contributed by atoms with van der Waals surface area (Å²) in [6.07, 6.45) is 7.22. The second-order valence-corrected chi connectivity index (χ2v) is 5.69. The summed E-state index contributed by atoms with van der Waals surface area (Å²) in [5.41, 5.74) is 2.30. The van der Waals surface area contributed by atoms with E-state index in [4.69, 9.17) is 4.74 Å². The molecule has 5 nitrogen and oxygen atoms in total. The second-order valence-electron chi connectivity index (χ2n) is 5.69. The van der Waals surface area contributed by atoms with Gasteiger partial charge in [-0.25, -0.2) is 4.79 Å². The standard InChI is InChI=1S/C19H21N3O2.ClH/c1-2-3-9-21-19(23)24-17-4-5-18-16(13-17)8-12-22(18)14-15-6-10-20-11-7-15;/h4-8,10-13H,2-3,9,14H2,1H3,(H,21,23);1H. The van der Waals surface area contributed by atoms with Crippen molar-refractivity contribution in [2.75, 3.05) is 6.54 Å². The smallest absolute Gasteiger partial charge is 0.410 e. The van der Waals surface area contributed by atoms with E-state index in [2.05, 4.69) is 21.8 Å². The Labute approximate surface area is 153 Å². The number of nitrogens with one attached hydrogen (secondary N) is 1. The molecule has 132 valence electrons. The third kappa shape index (κ3) is 4.97. The highest BCUT2D eigenvalue weighted by atomic mass is 35.5. The Morgan fingerprint density at radius 1 is 1.20 bits per heavy atom. The van der Waals surface area contributed by atoms with Gasteiger partial charge in [0.1, 0.15) is 5.75 Å². The molecule has 3 rings (SSSR count). The van der Waals surface area contributed by atoms with E-state index in [1.54, 1.807) is 12.4 Å². The van der Waals surface area contributed by atoms with E-state index in [9.17, 15) is 4.79 Å². The van der Waals surface area contributed by atoms with Crippen LogP contribution in [0.5, 0.6) is 5.75 Å². The van der Waals surface area contributed by atoms with Gasteiger partial charge in [-0.3, -0.25) is 4.98 Å². The van der Waals surface area contributed by atoms with Gasteiger partial charge >= 0.3 is 6.09 Å². The predicted octanol–water partition coefficient (Wildman–Crippen LogP) is 4.39. The molecule has 0 unspecified atom stereocenters. The number of unbranched alkanes of at least 4 members (excludes halogenated alkanes) is 1. The van der Waals surface area contributed by atoms with Crippen LogP contribution in [0.25, 0.3) is 10.9 Å². The molecule has 6 heteroatoms. The van der Waals surface area contributed by atoms with E-state index >= 15 is 0 Å². The van der Waals surface area contributed by atoms with Crippen LogP contribution in [0.3, 0.4) is 0 Å². The zero-order valence-corrected chi connectivity index (χ0v) is 15.0. The second kappa shape index (κ2) is 9.08. The maximum absolute atomic E-state index is 11.7. The highest BCUT2D eigenvalue weighted by Gasteiger charge is 2.07. The van der Waals surface area contributed by atoms with Crippen LogP contribution < -0.4 is 10.1 Å². The molecule has 0 aliphatic heterocycles. The number of halogens is 1. The summed E-state index contributed by atoms with van der Waals surface area (Å²) in [6.45, 7) is 3.50. The molecule has 0 bridgehead atoms. The first-order valence-corrected chi connectivity index (χ1v) is 8.20. The van der Waals surface area contributed by atoms with E-state index in [1.165, 1.54) is 5.56 Å². The van der Waals surface area contributed by atoms with Gasteiger partial charge < -0.3 is 14.6 Å². The van der Waals surface area contributed by atoms with Gasteiger partial charge in [-0.1, -0.05) is 13.3 Å². The number of carbonyl (C=O) groups is 1. The van der Waals surface area contributed by atoms with Crippen molar-refractivity contribution < 1.29 is 9.53 Å². The Morgan fingerprint density at radius 2 is 2.00 bits per heavy atom. The normalized spacial score (nSPS) is 10.3. The largest absolute Gasteiger partial charge is 0.412 e. The summed E-state index contributed by atoms with van der Waals surface area (Å²) in [7, 11) is 0. The summed E-state index contributed by atoms with van der Waals surface area (Å²) in [6, 6.07) is 11.7. The lowest BCUT2D eigenvalue weighted by Crippen LogP contribution is -2.27. The van der Waals surface area contributed by atoms with Crippen LogP contribution in [0.2, 0.25) is 0 Å². The van der Waals surface area contributed by atoms with Gasteiger partial charge in [0.25, 0.3) is 0 Å². The lowest BCUT2D eigenvalue weighted by Gasteiger charge is -2.08. The number of fused-ring (bicyclic) bond motifs is 1. The summed E-state index contributed by atoms with van der Waals surface area (Å²) in [5, 5.41) is 3.79. The van der Waals surface area contributed by atoms with Crippen LogP contribution in [0.4, 0.5) is 4.79 Å². The zero-order chi connectivity index (χ0) is 16.8. The minimum Gasteiger partial charge on any atom is -0.410 e. The van der Waals surface area contributed by atoms with Crippen LogP contribution in [0, 0.1) is 0 Å². The van der Waals surface area contributed by atoms with Gasteiger partial charge in [-0.15, -0.1) is 12.4 Å². The van der Waals surface area contributed by atoms with Crippen molar-refractivity contribution in [3.8, 4) is 5.75 Å². The molecule has 1 amide bonds. The predicted molar refractivity (Wildman–Crippen MR) is 101 cm³/mol. The van der Waals surface area contributed by atoms with E-state index in [1.807, 2.05) is 42.6 Å². The molecule has 1 N–H and O–H groups in total. The van der Waals surface area contributed by atoms with Gasteiger partial charge in [0, 0.05) is 42.6 Å². The quantitative estimate of drug-likeness (QED) is 0.664. The SMILES string of the molecule is CCCCNC(=O)Oc1ccc2c(ccn2Cc2ccncc2)c1.Cl. The van der Waals surface area contributed by atoms with Gasteiger partial charge in [-0.2, -0.15) is 0 Å². The molecule has 1 aromatic carbocycles. The van der Waals surface area contributed by atoms with Gasteiger partial charge in [0.2, 0.25) is 0 Å². The molecule has 25 heavy (non-hydrogen) atoms. The zero-order valence-electron chi connectivity index (χ0n) is 14.1. The molecule has 2 heterocycles. The first-order chi connectivity index (χ1) is 11.8. The number of hydrogen-bond donors (Lipinski definition) is 1. The number of amides is 1. The summed E-state index contributed by atoms with van der Waals surface area (Å²) < 4.78 is 7.49. The van der Waals surface area contributed by atoms with Gasteiger partial charge in [0.15, 0.2) is 0 Å². The molecule has 0 aliphatic rings. The summed E-state index contributed by atoms with van der Waals surface area (Å²) in [4.78, 5) is 15.8. The number of ether oxygens (including phenoxy) is 1. The lowest BCUT2D eigenvalue weighted by molar-refractivity contribution is 0.200. The van der Waals surface area contributed by atoms with E-state index in [0.29, 0.717) is 12.3 Å². The Balaban J connectivity index is 0.00000225. The highest BCUT2D eigenvalue weighted by molar-refractivity contribution is 5.85. The number of benzene rings is 1. The van der Waals surface area contributed by atoms with Gasteiger partial charge in [-0.05, 0) is 48.4 Å². The van der Waals surface area contributed by atoms with Crippen molar-refractivity contribution in [3.63, 3.8) is 0 Å². The molecule has 0 aliphatic carbocycles. The first-order valence-electron chi connectivity index (χ1n) is 8.20. The van der Waals surface area contributed by atoms with E-state index < -0.39 is 6.09 Å². The van der Waals surface area contributed by atoms with E-state index in [-0.39, 0.29) is 12.4 Å². The average molecular weight is 360 g/mol. The maximum atomic E-state index is 11.7. The van der Waals surface area contributed by atoms with Crippen LogP contribution >= 0.6 is 12.4 Å². The molecule has 0 fully saturated rings. The van der Waals surface area contributed by atoms with Crippen LogP contribution in [0.1, 0.15) is 25.3 Å². The van der Waals surface area contributed by atoms with Crippen LogP contribution in [-0.2, 0) is 6.54 Å². The van der Waals surface area contributed by atoms with Crippen molar-refractivity contribution in [2.45, 2.75) is 26.3 Å². The van der Waals surface area contributed by atoms with Gasteiger partial charge in [0.05, 0.1) is 0 Å². The number of carbonyl (C=O) groups excluding carboxylic acids is 1. The molecular weight excluding hydrogens is 338 g/mol. The fourth-order valence-electron chi connectivity index (χ4n) is 2.57. The third-order valence-electron chi connectivity index (χ3n) is 3.85. The molecule has 0 radical (unpaired) electrons. The Morgan fingerprint density at radius 3 is 2.76 bits per heavy atom. The fourth-order valence-corrected chi connectivity index (χ4v) is 2.57. The fraction of sp³-hybridized carbons (Fsp3) is 0.263. The topological polar surface area (TPSA) is 56.1 Å². The summed E-state index contributed by atoms with van der Waals surface area (Å²) >= 11 is 0. The number of nitrogens with zero attached hydrogens (tertiary/aromatic N) is 2. The van der Waals surface area contributed by atoms with Crippen LogP contribution in [-0.4, -0.2) is 22.2 Å². The number of hydrogen-bond acceptors (Lipinski definition) is 3.